The first-order valence-corrected chi connectivity index (χ1v) is 8.36. The fourth-order valence-corrected chi connectivity index (χ4v) is 2.94. The summed E-state index contributed by atoms with van der Waals surface area (Å²) in [6.07, 6.45) is 3.32. The molecule has 0 aliphatic rings. The molecular formula is C18H14ClN5O3. The van der Waals surface area contributed by atoms with Gasteiger partial charge in [-0.05, 0) is 31.2 Å². The number of H-pyrrole nitrogens is 1. The number of aromatic carboxylic acids is 1. The molecule has 4 rings (SSSR count). The van der Waals surface area contributed by atoms with E-state index in [1.54, 1.807) is 16.8 Å². The number of ether oxygens (including phenoxy) is 1. The number of hydrogen-bond acceptors (Lipinski definition) is 5. The molecule has 1 aromatic carbocycles. The number of benzene rings is 1. The van der Waals surface area contributed by atoms with Crippen molar-refractivity contribution in [2.45, 2.75) is 6.92 Å². The van der Waals surface area contributed by atoms with E-state index in [1.807, 2.05) is 20.2 Å². The molecule has 0 unspecified atom stereocenters. The maximum Gasteiger partial charge on any atom is 0.335 e. The van der Waals surface area contributed by atoms with E-state index in [2.05, 4.69) is 20.1 Å². The molecule has 0 aliphatic carbocycles. The van der Waals surface area contributed by atoms with Gasteiger partial charge in [0, 0.05) is 13.2 Å². The molecule has 0 radical (unpaired) electrons. The van der Waals surface area contributed by atoms with Crippen molar-refractivity contribution in [2.75, 3.05) is 0 Å². The first-order chi connectivity index (χ1) is 12.9. The van der Waals surface area contributed by atoms with E-state index >= 15 is 0 Å². The minimum atomic E-state index is -1.00. The number of carboxylic acid groups (broad SMARTS) is 1. The molecule has 0 saturated heterocycles. The molecule has 3 aromatic heterocycles. The number of pyridine rings is 1. The Morgan fingerprint density at radius 2 is 2.04 bits per heavy atom. The van der Waals surface area contributed by atoms with Crippen molar-refractivity contribution in [1.29, 1.82) is 0 Å². The van der Waals surface area contributed by atoms with Gasteiger partial charge in [-0.1, -0.05) is 11.6 Å². The van der Waals surface area contributed by atoms with Crippen molar-refractivity contribution in [3.05, 3.63) is 52.9 Å². The Morgan fingerprint density at radius 3 is 2.67 bits per heavy atom. The number of carbonyl (C=O) groups is 1. The molecule has 0 spiro atoms. The molecule has 0 bridgehead atoms. The second kappa shape index (κ2) is 6.40. The summed E-state index contributed by atoms with van der Waals surface area (Å²) < 4.78 is 7.59. The van der Waals surface area contributed by atoms with E-state index in [0.29, 0.717) is 33.5 Å². The van der Waals surface area contributed by atoms with E-state index in [1.165, 1.54) is 18.3 Å². The Labute approximate surface area is 158 Å². The number of fused-ring (bicyclic) bond motifs is 1. The van der Waals surface area contributed by atoms with Crippen LogP contribution in [0.3, 0.4) is 0 Å². The van der Waals surface area contributed by atoms with Crippen LogP contribution in [0.25, 0.3) is 22.6 Å². The molecule has 0 atom stereocenters. The van der Waals surface area contributed by atoms with Crippen LogP contribution in [0.5, 0.6) is 11.5 Å². The summed E-state index contributed by atoms with van der Waals surface area (Å²) in [7, 11) is 1.84. The molecule has 136 valence electrons. The highest BCUT2D eigenvalue weighted by Crippen LogP contribution is 2.36. The van der Waals surface area contributed by atoms with Crippen molar-refractivity contribution >= 4 is 28.7 Å². The number of aryl methyl sites for hydroxylation is 2. The number of rotatable bonds is 4. The van der Waals surface area contributed by atoms with Gasteiger partial charge < -0.3 is 14.8 Å². The van der Waals surface area contributed by atoms with E-state index in [4.69, 9.17) is 21.4 Å². The van der Waals surface area contributed by atoms with Crippen LogP contribution in [-0.4, -0.2) is 35.8 Å². The third-order valence-electron chi connectivity index (χ3n) is 4.02. The Hall–Kier alpha value is -3.39. The standard InChI is InChI=1S/C18H14ClN5O3/c1-9-12(8-24(2)23-9)16-21-14-15(13(19)7-20-17(14)22-16)27-11-5-3-10(4-6-11)18(25)26/h3-8H,1-2H3,(H,25,26)(H,20,21,22). The molecule has 0 amide bonds. The first-order valence-electron chi connectivity index (χ1n) is 7.98. The van der Waals surface area contributed by atoms with Gasteiger partial charge in [0.15, 0.2) is 11.4 Å². The minimum Gasteiger partial charge on any atom is -0.478 e. The summed E-state index contributed by atoms with van der Waals surface area (Å²) in [4.78, 5) is 22.9. The number of aromatic nitrogens is 5. The highest BCUT2D eigenvalue weighted by atomic mass is 35.5. The minimum absolute atomic E-state index is 0.171. The lowest BCUT2D eigenvalue weighted by Gasteiger charge is -2.08. The molecule has 3 heterocycles. The van der Waals surface area contributed by atoms with Crippen molar-refractivity contribution in [3.8, 4) is 22.9 Å². The molecule has 9 heteroatoms. The van der Waals surface area contributed by atoms with Crippen molar-refractivity contribution < 1.29 is 14.6 Å². The van der Waals surface area contributed by atoms with E-state index < -0.39 is 5.97 Å². The van der Waals surface area contributed by atoms with Crippen molar-refractivity contribution in [2.24, 2.45) is 7.05 Å². The second-order valence-electron chi connectivity index (χ2n) is 5.95. The number of nitrogens with zero attached hydrogens (tertiary/aromatic N) is 4. The van der Waals surface area contributed by atoms with Gasteiger partial charge in [0.1, 0.15) is 22.1 Å². The van der Waals surface area contributed by atoms with Crippen LogP contribution in [0.2, 0.25) is 5.02 Å². The third-order valence-corrected chi connectivity index (χ3v) is 4.29. The number of halogens is 1. The lowest BCUT2D eigenvalue weighted by Crippen LogP contribution is -1.95. The lowest BCUT2D eigenvalue weighted by molar-refractivity contribution is 0.0697. The SMILES string of the molecule is Cc1nn(C)cc1-c1nc2ncc(Cl)c(Oc3ccc(C(=O)O)cc3)c2[nH]1. The van der Waals surface area contributed by atoms with Gasteiger partial charge in [-0.2, -0.15) is 5.10 Å². The van der Waals surface area contributed by atoms with Gasteiger partial charge in [0.2, 0.25) is 0 Å². The zero-order chi connectivity index (χ0) is 19.1. The van der Waals surface area contributed by atoms with Crippen LogP contribution in [0.15, 0.2) is 36.7 Å². The second-order valence-corrected chi connectivity index (χ2v) is 6.36. The summed E-state index contributed by atoms with van der Waals surface area (Å²) >= 11 is 6.28. The summed E-state index contributed by atoms with van der Waals surface area (Å²) in [6, 6.07) is 6.05. The van der Waals surface area contributed by atoms with Gasteiger partial charge in [-0.3, -0.25) is 4.68 Å². The molecule has 0 saturated carbocycles. The van der Waals surface area contributed by atoms with Crippen molar-refractivity contribution in [3.63, 3.8) is 0 Å². The van der Waals surface area contributed by atoms with Gasteiger partial charge in [0.05, 0.1) is 23.0 Å². The lowest BCUT2D eigenvalue weighted by atomic mass is 10.2. The number of nitrogens with one attached hydrogen (secondary N) is 1. The predicted molar refractivity (Wildman–Crippen MR) is 99.3 cm³/mol. The van der Waals surface area contributed by atoms with Gasteiger partial charge in [-0.25, -0.2) is 14.8 Å². The Bertz CT molecular complexity index is 1160. The fraction of sp³-hybridized carbons (Fsp3) is 0.111. The number of imidazole rings is 1. The van der Waals surface area contributed by atoms with Crippen LogP contribution < -0.4 is 4.74 Å². The average Bonchev–Trinajstić information content (AvgIpc) is 3.20. The van der Waals surface area contributed by atoms with Gasteiger partial charge in [0.25, 0.3) is 0 Å². The van der Waals surface area contributed by atoms with Gasteiger partial charge in [-0.15, -0.1) is 0 Å². The van der Waals surface area contributed by atoms with Crippen LogP contribution >= 0.6 is 11.6 Å². The molecule has 27 heavy (non-hydrogen) atoms. The highest BCUT2D eigenvalue weighted by Gasteiger charge is 2.17. The zero-order valence-corrected chi connectivity index (χ0v) is 15.2. The molecule has 0 fully saturated rings. The monoisotopic (exact) mass is 383 g/mol. The fourth-order valence-electron chi connectivity index (χ4n) is 2.75. The topological polar surface area (TPSA) is 106 Å². The maximum absolute atomic E-state index is 11.0. The van der Waals surface area contributed by atoms with Crippen LogP contribution in [0.4, 0.5) is 0 Å². The summed E-state index contributed by atoms with van der Waals surface area (Å²) in [5, 5.41) is 13.6. The van der Waals surface area contributed by atoms with Gasteiger partial charge >= 0.3 is 5.97 Å². The molecule has 8 nitrogen and oxygen atoms in total. The normalized spacial score (nSPS) is 11.1. The molecule has 4 aromatic rings. The van der Waals surface area contributed by atoms with Crippen LogP contribution in [0, 0.1) is 6.92 Å². The number of carboxylic acids is 1. The highest BCUT2D eigenvalue weighted by molar-refractivity contribution is 6.32. The maximum atomic E-state index is 11.0. The zero-order valence-electron chi connectivity index (χ0n) is 14.4. The smallest absolute Gasteiger partial charge is 0.335 e. The van der Waals surface area contributed by atoms with Crippen molar-refractivity contribution in [1.82, 2.24) is 24.7 Å². The summed E-state index contributed by atoms with van der Waals surface area (Å²) in [5.74, 6) is 0.417. The Balaban J connectivity index is 1.77. The number of aromatic amines is 1. The summed E-state index contributed by atoms with van der Waals surface area (Å²) in [5.41, 5.74) is 2.85. The van der Waals surface area contributed by atoms with E-state index in [9.17, 15) is 4.79 Å². The quantitative estimate of drug-likeness (QED) is 0.555. The third kappa shape index (κ3) is 3.11. The summed E-state index contributed by atoms with van der Waals surface area (Å²) in [6.45, 7) is 1.89. The van der Waals surface area contributed by atoms with E-state index in [0.717, 1.165) is 11.3 Å². The average molecular weight is 384 g/mol. The first kappa shape index (κ1) is 17.0. The van der Waals surface area contributed by atoms with Crippen LogP contribution in [-0.2, 0) is 7.05 Å². The van der Waals surface area contributed by atoms with Crippen LogP contribution in [0.1, 0.15) is 16.1 Å². The predicted octanol–water partition coefficient (Wildman–Crippen LogP) is 3.81. The largest absolute Gasteiger partial charge is 0.478 e. The Kier molecular flexibility index (Phi) is 4.04. The molecule has 0 aliphatic heterocycles. The molecule has 2 N–H and O–H groups in total. The Morgan fingerprint density at radius 1 is 1.30 bits per heavy atom. The van der Waals surface area contributed by atoms with E-state index in [-0.39, 0.29) is 5.56 Å². The molecular weight excluding hydrogens is 370 g/mol. The number of hydrogen-bond donors (Lipinski definition) is 2.